The number of hydrogen-bond donors (Lipinski definition) is 1. The van der Waals surface area contributed by atoms with E-state index < -0.39 is 0 Å². The molecule has 2 aromatic rings. The summed E-state index contributed by atoms with van der Waals surface area (Å²) in [7, 11) is 0. The van der Waals surface area contributed by atoms with E-state index in [1.165, 1.54) is 12.1 Å². The Morgan fingerprint density at radius 1 is 1.08 bits per heavy atom. The second-order valence-corrected chi connectivity index (χ2v) is 5.61. The van der Waals surface area contributed by atoms with E-state index in [0.717, 1.165) is 11.1 Å². The number of hydrogen-bond acceptors (Lipinski definition) is 3. The zero-order chi connectivity index (χ0) is 17.1. The highest BCUT2D eigenvalue weighted by Crippen LogP contribution is 2.43. The lowest BCUT2D eigenvalue weighted by Crippen LogP contribution is -2.23. The Morgan fingerprint density at radius 2 is 1.71 bits per heavy atom. The summed E-state index contributed by atoms with van der Waals surface area (Å²) in [4.78, 5) is 12.1. The first-order valence-corrected chi connectivity index (χ1v) is 8.11. The van der Waals surface area contributed by atoms with E-state index in [4.69, 9.17) is 9.47 Å². The Bertz CT molecular complexity index is 743. The lowest BCUT2D eigenvalue weighted by molar-refractivity contribution is -0.116. The van der Waals surface area contributed by atoms with Crippen molar-refractivity contribution in [1.29, 1.82) is 0 Å². The Kier molecular flexibility index (Phi) is 4.69. The van der Waals surface area contributed by atoms with E-state index in [0.29, 0.717) is 36.8 Å². The van der Waals surface area contributed by atoms with Gasteiger partial charge in [0.05, 0.1) is 13.2 Å². The average molecular weight is 329 g/mol. The van der Waals surface area contributed by atoms with Crippen LogP contribution in [0.2, 0.25) is 0 Å². The summed E-state index contributed by atoms with van der Waals surface area (Å²) in [5.41, 5.74) is 2.57. The number of halogens is 1. The molecule has 126 valence electrons. The Labute approximate surface area is 140 Å². The van der Waals surface area contributed by atoms with Gasteiger partial charge < -0.3 is 14.8 Å². The quantitative estimate of drug-likeness (QED) is 0.898. The van der Waals surface area contributed by atoms with E-state index >= 15 is 0 Å². The zero-order valence-corrected chi connectivity index (χ0v) is 13.8. The number of carbonyl (C=O) groups excluding carboxylic acids is 1. The molecule has 1 amide bonds. The molecule has 1 heterocycles. The molecule has 0 unspecified atom stereocenters. The fourth-order valence-electron chi connectivity index (χ4n) is 3.00. The van der Waals surface area contributed by atoms with Crippen molar-refractivity contribution in [3.8, 4) is 11.5 Å². The molecule has 0 spiro atoms. The molecule has 0 saturated heterocycles. The lowest BCUT2D eigenvalue weighted by atomic mass is 9.84. The van der Waals surface area contributed by atoms with Gasteiger partial charge in [0, 0.05) is 24.1 Å². The van der Waals surface area contributed by atoms with Gasteiger partial charge in [0.2, 0.25) is 5.91 Å². The van der Waals surface area contributed by atoms with Gasteiger partial charge in [-0.05, 0) is 43.2 Å². The smallest absolute Gasteiger partial charge is 0.225 e. The van der Waals surface area contributed by atoms with Crippen LogP contribution in [0.4, 0.5) is 10.1 Å². The Hall–Kier alpha value is -2.56. The van der Waals surface area contributed by atoms with Crippen LogP contribution in [0.3, 0.4) is 0 Å². The molecule has 1 aliphatic heterocycles. The average Bonchev–Trinajstić information content (AvgIpc) is 2.56. The van der Waals surface area contributed by atoms with Crippen molar-refractivity contribution >= 4 is 11.6 Å². The molecule has 3 rings (SSSR count). The van der Waals surface area contributed by atoms with Crippen molar-refractivity contribution in [3.05, 3.63) is 53.3 Å². The first-order chi connectivity index (χ1) is 11.6. The summed E-state index contributed by atoms with van der Waals surface area (Å²) in [5, 5.41) is 2.89. The highest BCUT2D eigenvalue weighted by molar-refractivity contribution is 5.96. The van der Waals surface area contributed by atoms with E-state index in [1.807, 2.05) is 19.9 Å². The summed E-state index contributed by atoms with van der Waals surface area (Å²) in [6.07, 6.45) is 0.318. The Morgan fingerprint density at radius 3 is 2.33 bits per heavy atom. The third-order valence-electron chi connectivity index (χ3n) is 4.03. The third-order valence-corrected chi connectivity index (χ3v) is 4.03. The SMILES string of the molecule is CCOc1cc2c(cc1OCC)[C@H](c1ccc(F)cc1)CC(=O)N2. The molecule has 5 heteroatoms. The number of nitrogens with one attached hydrogen (secondary N) is 1. The molecule has 0 radical (unpaired) electrons. The molecular formula is C19H20FNO3. The van der Waals surface area contributed by atoms with Crippen LogP contribution in [-0.2, 0) is 4.79 Å². The molecule has 1 atom stereocenters. The highest BCUT2D eigenvalue weighted by atomic mass is 19.1. The number of fused-ring (bicyclic) bond motifs is 1. The van der Waals surface area contributed by atoms with Gasteiger partial charge in [-0.25, -0.2) is 4.39 Å². The van der Waals surface area contributed by atoms with Crippen molar-refractivity contribution in [3.63, 3.8) is 0 Å². The monoisotopic (exact) mass is 329 g/mol. The highest BCUT2D eigenvalue weighted by Gasteiger charge is 2.28. The van der Waals surface area contributed by atoms with Crippen LogP contribution in [0.1, 0.15) is 37.3 Å². The molecule has 0 bridgehead atoms. The minimum Gasteiger partial charge on any atom is -0.490 e. The van der Waals surface area contributed by atoms with Crippen molar-refractivity contribution in [2.24, 2.45) is 0 Å². The van der Waals surface area contributed by atoms with Crippen LogP contribution < -0.4 is 14.8 Å². The predicted octanol–water partition coefficient (Wildman–Crippen LogP) is 4.10. The minimum absolute atomic E-state index is 0.0663. The summed E-state index contributed by atoms with van der Waals surface area (Å²) in [5.74, 6) is 0.771. The molecule has 2 aromatic carbocycles. The van der Waals surface area contributed by atoms with Gasteiger partial charge in [-0.3, -0.25) is 4.79 Å². The number of benzene rings is 2. The normalized spacial score (nSPS) is 16.3. The number of ether oxygens (including phenoxy) is 2. The van der Waals surface area contributed by atoms with Gasteiger partial charge in [-0.1, -0.05) is 12.1 Å². The maximum Gasteiger partial charge on any atom is 0.225 e. The third kappa shape index (κ3) is 3.20. The summed E-state index contributed by atoms with van der Waals surface area (Å²) < 4.78 is 24.5. The van der Waals surface area contributed by atoms with Crippen molar-refractivity contribution in [2.45, 2.75) is 26.2 Å². The molecule has 24 heavy (non-hydrogen) atoms. The van der Waals surface area contributed by atoms with Gasteiger partial charge in [-0.2, -0.15) is 0 Å². The number of amides is 1. The zero-order valence-electron chi connectivity index (χ0n) is 13.8. The molecule has 1 N–H and O–H groups in total. The molecule has 0 fully saturated rings. The maximum absolute atomic E-state index is 13.2. The fourth-order valence-corrected chi connectivity index (χ4v) is 3.00. The predicted molar refractivity (Wildman–Crippen MR) is 90.3 cm³/mol. The maximum atomic E-state index is 13.2. The number of anilines is 1. The van der Waals surface area contributed by atoms with E-state index in [-0.39, 0.29) is 17.6 Å². The molecular weight excluding hydrogens is 309 g/mol. The fraction of sp³-hybridized carbons (Fsp3) is 0.316. The van der Waals surface area contributed by atoms with Gasteiger partial charge in [0.25, 0.3) is 0 Å². The van der Waals surface area contributed by atoms with Crippen LogP contribution in [0, 0.1) is 5.82 Å². The molecule has 0 aliphatic carbocycles. The Balaban J connectivity index is 2.08. The number of carbonyl (C=O) groups is 1. The summed E-state index contributed by atoms with van der Waals surface area (Å²) in [6.45, 7) is 4.84. The standard InChI is InChI=1S/C19H20FNO3/c1-3-23-17-9-15-14(12-5-7-13(20)8-6-12)10-19(22)21-16(15)11-18(17)24-4-2/h5-9,11,14H,3-4,10H2,1-2H3,(H,21,22)/t14-/m0/s1. The van der Waals surface area contributed by atoms with Crippen molar-refractivity contribution in [2.75, 3.05) is 18.5 Å². The van der Waals surface area contributed by atoms with E-state index in [1.54, 1.807) is 18.2 Å². The van der Waals surface area contributed by atoms with Gasteiger partial charge in [-0.15, -0.1) is 0 Å². The second-order valence-electron chi connectivity index (χ2n) is 5.61. The van der Waals surface area contributed by atoms with Gasteiger partial charge in [0.15, 0.2) is 11.5 Å². The first kappa shape index (κ1) is 16.3. The van der Waals surface area contributed by atoms with E-state index in [9.17, 15) is 9.18 Å². The van der Waals surface area contributed by atoms with Crippen molar-refractivity contribution in [1.82, 2.24) is 0 Å². The van der Waals surface area contributed by atoms with Crippen LogP contribution in [0.15, 0.2) is 36.4 Å². The van der Waals surface area contributed by atoms with Crippen LogP contribution in [-0.4, -0.2) is 19.1 Å². The molecule has 0 aromatic heterocycles. The summed E-state index contributed by atoms with van der Waals surface area (Å²) >= 11 is 0. The molecule has 1 aliphatic rings. The topological polar surface area (TPSA) is 47.6 Å². The van der Waals surface area contributed by atoms with Gasteiger partial charge >= 0.3 is 0 Å². The minimum atomic E-state index is -0.291. The van der Waals surface area contributed by atoms with Crippen molar-refractivity contribution < 1.29 is 18.7 Å². The van der Waals surface area contributed by atoms with Crippen LogP contribution in [0.25, 0.3) is 0 Å². The summed E-state index contributed by atoms with van der Waals surface area (Å²) in [6, 6.07) is 9.99. The molecule has 4 nitrogen and oxygen atoms in total. The van der Waals surface area contributed by atoms with Crippen LogP contribution in [0.5, 0.6) is 11.5 Å². The second kappa shape index (κ2) is 6.91. The lowest BCUT2D eigenvalue weighted by Gasteiger charge is -2.27. The van der Waals surface area contributed by atoms with Crippen LogP contribution >= 0.6 is 0 Å². The number of rotatable bonds is 5. The first-order valence-electron chi connectivity index (χ1n) is 8.11. The van der Waals surface area contributed by atoms with Gasteiger partial charge in [0.1, 0.15) is 5.82 Å². The largest absolute Gasteiger partial charge is 0.490 e. The molecule has 0 saturated carbocycles. The van der Waals surface area contributed by atoms with E-state index in [2.05, 4.69) is 5.32 Å².